The van der Waals surface area contributed by atoms with Crippen LogP contribution in [-0.4, -0.2) is 33.6 Å². The number of amides is 4. The number of hydrogen-bond donors (Lipinski definition) is 2. The van der Waals surface area contributed by atoms with Crippen LogP contribution in [0.4, 0.5) is 4.79 Å². The molecule has 2 N–H and O–H groups in total. The van der Waals surface area contributed by atoms with Crippen molar-refractivity contribution in [3.8, 4) is 6.07 Å². The van der Waals surface area contributed by atoms with E-state index in [0.717, 1.165) is 33.6 Å². The van der Waals surface area contributed by atoms with Crippen molar-refractivity contribution in [3.05, 3.63) is 58.3 Å². The van der Waals surface area contributed by atoms with Crippen LogP contribution in [0.5, 0.6) is 0 Å². The number of aryl methyl sites for hydroxylation is 1. The Morgan fingerprint density at radius 3 is 2.52 bits per heavy atom. The summed E-state index contributed by atoms with van der Waals surface area (Å²) in [4.78, 5) is 42.5. The molecule has 1 aliphatic heterocycles. The van der Waals surface area contributed by atoms with Gasteiger partial charge in [-0.1, -0.05) is 49.0 Å². The molecule has 3 rings (SSSR count). The fraction of sp³-hybridized carbons (Fsp3) is 0.318. The molecule has 1 unspecified atom stereocenters. The maximum atomic E-state index is 13.1. The third-order valence-corrected chi connectivity index (χ3v) is 6.52. The van der Waals surface area contributed by atoms with Gasteiger partial charge < -0.3 is 5.32 Å². The van der Waals surface area contributed by atoms with Crippen LogP contribution in [-0.2, 0) is 15.1 Å². The van der Waals surface area contributed by atoms with Crippen molar-refractivity contribution >= 4 is 29.6 Å². The van der Waals surface area contributed by atoms with Gasteiger partial charge in [0.15, 0.2) is 0 Å². The molecule has 1 atom stereocenters. The van der Waals surface area contributed by atoms with E-state index < -0.39 is 23.4 Å². The number of nitrogens with zero attached hydrogens (tertiary/aromatic N) is 3. The van der Waals surface area contributed by atoms with Gasteiger partial charge in [-0.15, -0.1) is 0 Å². The maximum Gasteiger partial charge on any atom is 0.344 e. The van der Waals surface area contributed by atoms with Crippen LogP contribution in [0.1, 0.15) is 41.3 Å². The zero-order valence-corrected chi connectivity index (χ0v) is 18.6. The lowest BCUT2D eigenvalue weighted by Gasteiger charge is -2.25. The van der Waals surface area contributed by atoms with E-state index in [4.69, 9.17) is 0 Å². The average molecular weight is 438 g/mol. The second kappa shape index (κ2) is 8.78. The smallest absolute Gasteiger partial charge is 0.318 e. The van der Waals surface area contributed by atoms with Crippen LogP contribution in [0.2, 0.25) is 0 Å². The maximum absolute atomic E-state index is 13.1. The molecule has 0 spiro atoms. The number of imide groups is 1. The Morgan fingerprint density at radius 2 is 1.90 bits per heavy atom. The molecule has 4 amide bonds. The van der Waals surface area contributed by atoms with Crippen molar-refractivity contribution in [2.24, 2.45) is 0 Å². The highest BCUT2D eigenvalue weighted by Crippen LogP contribution is 2.32. The van der Waals surface area contributed by atoms with E-state index >= 15 is 0 Å². The van der Waals surface area contributed by atoms with Gasteiger partial charge in [0.05, 0.1) is 11.3 Å². The normalized spacial score (nSPS) is 18.0. The molecular formula is C22H23N5O3S. The van der Waals surface area contributed by atoms with E-state index in [2.05, 4.69) is 21.8 Å². The van der Waals surface area contributed by atoms with Gasteiger partial charge in [0, 0.05) is 5.69 Å². The van der Waals surface area contributed by atoms with Gasteiger partial charge in [-0.05, 0) is 43.9 Å². The van der Waals surface area contributed by atoms with Crippen molar-refractivity contribution in [3.63, 3.8) is 0 Å². The molecule has 0 radical (unpaired) electrons. The molecular weight excluding hydrogens is 414 g/mol. The third kappa shape index (κ3) is 3.99. The lowest BCUT2D eigenvalue weighted by atomic mass is 9.87. The van der Waals surface area contributed by atoms with Crippen LogP contribution in [0.3, 0.4) is 0 Å². The van der Waals surface area contributed by atoms with Gasteiger partial charge in [-0.3, -0.25) is 15.0 Å². The Hall–Kier alpha value is -3.38. The van der Waals surface area contributed by atoms with E-state index in [-0.39, 0.29) is 5.75 Å². The molecule has 1 aromatic heterocycles. The molecule has 1 fully saturated rings. The second-order valence-electron chi connectivity index (χ2n) is 7.26. The summed E-state index contributed by atoms with van der Waals surface area (Å²) in [5.74, 6) is -1.19. The Balaban J connectivity index is 1.74. The van der Waals surface area contributed by atoms with Gasteiger partial charge in [-0.2, -0.15) is 10.3 Å². The van der Waals surface area contributed by atoms with Crippen molar-refractivity contribution in [2.45, 2.75) is 44.7 Å². The Morgan fingerprint density at radius 1 is 1.23 bits per heavy atom. The summed E-state index contributed by atoms with van der Waals surface area (Å²) >= 11 is 1.09. The molecule has 1 aliphatic rings. The summed E-state index contributed by atoms with van der Waals surface area (Å²) in [5, 5.41) is 13.3. The largest absolute Gasteiger partial charge is 0.344 e. The van der Waals surface area contributed by atoms with Gasteiger partial charge >= 0.3 is 6.03 Å². The first-order valence-corrected chi connectivity index (χ1v) is 10.8. The van der Waals surface area contributed by atoms with Crippen molar-refractivity contribution < 1.29 is 14.4 Å². The Bertz CT molecular complexity index is 1100. The number of urea groups is 1. The van der Waals surface area contributed by atoms with Gasteiger partial charge in [-0.25, -0.2) is 9.78 Å². The standard InChI is InChI=1S/C22H23N5O3S/c1-5-22(16-9-7-6-8-10-16)20(29)27(21(30)25-22)26-18(28)12-31-19-17(11-23)14(3)13(2)15(4)24-19/h6-10H,5,12H2,1-4H3,(H,25,30)(H,26,28). The van der Waals surface area contributed by atoms with E-state index in [1.54, 1.807) is 31.2 Å². The first-order valence-electron chi connectivity index (χ1n) is 9.77. The van der Waals surface area contributed by atoms with Gasteiger partial charge in [0.1, 0.15) is 16.6 Å². The molecule has 1 aromatic carbocycles. The quantitative estimate of drug-likeness (QED) is 0.530. The van der Waals surface area contributed by atoms with Crippen molar-refractivity contribution in [2.75, 3.05) is 5.75 Å². The lowest BCUT2D eigenvalue weighted by molar-refractivity contribution is -0.138. The van der Waals surface area contributed by atoms with Crippen molar-refractivity contribution in [1.82, 2.24) is 20.7 Å². The third-order valence-electron chi connectivity index (χ3n) is 5.54. The van der Waals surface area contributed by atoms with E-state index in [9.17, 15) is 19.6 Å². The zero-order chi connectivity index (χ0) is 22.8. The summed E-state index contributed by atoms with van der Waals surface area (Å²) in [5.41, 5.74) is 4.77. The number of carbonyl (C=O) groups excluding carboxylic acids is 3. The molecule has 0 saturated carbocycles. The van der Waals surface area contributed by atoms with Crippen LogP contribution >= 0.6 is 11.8 Å². The van der Waals surface area contributed by atoms with Gasteiger partial charge in [0.25, 0.3) is 5.91 Å². The van der Waals surface area contributed by atoms with Crippen molar-refractivity contribution in [1.29, 1.82) is 5.26 Å². The Kier molecular flexibility index (Phi) is 6.32. The highest BCUT2D eigenvalue weighted by Gasteiger charge is 2.52. The molecule has 160 valence electrons. The lowest BCUT2D eigenvalue weighted by Crippen LogP contribution is -2.49. The number of hydrogen-bond acceptors (Lipinski definition) is 6. The summed E-state index contributed by atoms with van der Waals surface area (Å²) in [6.45, 7) is 7.37. The number of aromatic nitrogens is 1. The Labute approximate surface area is 185 Å². The number of pyridine rings is 1. The monoisotopic (exact) mass is 437 g/mol. The number of carbonyl (C=O) groups is 3. The van der Waals surface area contributed by atoms with E-state index in [1.165, 1.54) is 0 Å². The minimum atomic E-state index is -1.22. The minimum Gasteiger partial charge on any atom is -0.318 e. The van der Waals surface area contributed by atoms with Crippen LogP contribution in [0.25, 0.3) is 0 Å². The first kappa shape index (κ1) is 22.3. The molecule has 8 nitrogen and oxygen atoms in total. The fourth-order valence-corrected chi connectivity index (χ4v) is 4.35. The number of thioether (sulfide) groups is 1. The predicted octanol–water partition coefficient (Wildman–Crippen LogP) is 2.86. The topological polar surface area (TPSA) is 115 Å². The molecule has 2 aromatic rings. The molecule has 0 bridgehead atoms. The number of nitrogens with one attached hydrogen (secondary N) is 2. The number of benzene rings is 1. The van der Waals surface area contributed by atoms with E-state index in [0.29, 0.717) is 22.6 Å². The van der Waals surface area contributed by atoms with E-state index in [1.807, 2.05) is 26.8 Å². The molecule has 0 aliphatic carbocycles. The number of nitriles is 1. The number of rotatable bonds is 6. The van der Waals surface area contributed by atoms with Crippen LogP contribution in [0.15, 0.2) is 35.4 Å². The van der Waals surface area contributed by atoms with Gasteiger partial charge in [0.2, 0.25) is 5.91 Å². The minimum absolute atomic E-state index is 0.106. The molecule has 1 saturated heterocycles. The summed E-state index contributed by atoms with van der Waals surface area (Å²) in [7, 11) is 0. The van der Waals surface area contributed by atoms with Crippen LogP contribution in [0, 0.1) is 32.1 Å². The highest BCUT2D eigenvalue weighted by atomic mass is 32.2. The summed E-state index contributed by atoms with van der Waals surface area (Å²) in [6, 6.07) is 10.4. The summed E-state index contributed by atoms with van der Waals surface area (Å²) in [6.07, 6.45) is 0.333. The zero-order valence-electron chi connectivity index (χ0n) is 17.8. The first-order chi connectivity index (χ1) is 14.7. The average Bonchev–Trinajstić information content (AvgIpc) is 3.01. The molecule has 31 heavy (non-hydrogen) atoms. The van der Waals surface area contributed by atoms with Crippen LogP contribution < -0.4 is 10.7 Å². The SMILES string of the molecule is CCC1(c2ccccc2)NC(=O)N(NC(=O)CSc2nc(C)c(C)c(C)c2C#N)C1=O. The molecule has 2 heterocycles. The fourth-order valence-electron chi connectivity index (χ4n) is 3.48. The molecule has 9 heteroatoms. The predicted molar refractivity (Wildman–Crippen MR) is 116 cm³/mol. The second-order valence-corrected chi connectivity index (χ2v) is 8.22. The summed E-state index contributed by atoms with van der Waals surface area (Å²) < 4.78 is 0. The number of hydrazine groups is 1. The highest BCUT2D eigenvalue weighted by molar-refractivity contribution is 8.00.